The van der Waals surface area contributed by atoms with E-state index in [9.17, 15) is 0 Å². The largest absolute Gasteiger partial charge is 0.309 e. The SMILES string of the molecule is c1ccc(-c2nc(-c3ccccc3)nc(-c3ccc(-n4c5cccc6c5c5c7c(cccc7ccc54)-c4cc5ccccc5cc4-6)cc3)n2)cc1. The molecule has 0 bridgehead atoms. The van der Waals surface area contributed by atoms with E-state index in [2.05, 4.69) is 114 Å². The van der Waals surface area contributed by atoms with E-state index in [0.29, 0.717) is 17.5 Å². The number of rotatable bonds is 4. The summed E-state index contributed by atoms with van der Waals surface area (Å²) in [6.07, 6.45) is 0. The van der Waals surface area contributed by atoms with Crippen molar-refractivity contribution in [2.45, 2.75) is 0 Å². The molecule has 51 heavy (non-hydrogen) atoms. The molecule has 4 heteroatoms. The van der Waals surface area contributed by atoms with Gasteiger partial charge in [-0.05, 0) is 92.3 Å². The van der Waals surface area contributed by atoms with Gasteiger partial charge in [0, 0.05) is 33.2 Å². The van der Waals surface area contributed by atoms with Crippen molar-refractivity contribution in [3.8, 4) is 62.1 Å². The second-order valence-electron chi connectivity index (χ2n) is 13.2. The molecule has 2 heterocycles. The first-order valence-corrected chi connectivity index (χ1v) is 17.3. The van der Waals surface area contributed by atoms with Gasteiger partial charge in [0.25, 0.3) is 0 Å². The minimum absolute atomic E-state index is 0.646. The third-order valence-corrected chi connectivity index (χ3v) is 10.3. The number of fused-ring (bicyclic) bond motifs is 4. The van der Waals surface area contributed by atoms with Crippen molar-refractivity contribution in [2.24, 2.45) is 0 Å². The maximum absolute atomic E-state index is 4.97. The van der Waals surface area contributed by atoms with E-state index in [-0.39, 0.29) is 0 Å². The molecule has 0 fully saturated rings. The van der Waals surface area contributed by atoms with E-state index in [1.165, 1.54) is 65.6 Å². The van der Waals surface area contributed by atoms with Crippen LogP contribution in [0, 0.1) is 0 Å². The summed E-state index contributed by atoms with van der Waals surface area (Å²) in [6, 6.07) is 60.4. The lowest BCUT2D eigenvalue weighted by molar-refractivity contribution is 1.07. The maximum atomic E-state index is 4.97. The Kier molecular flexibility index (Phi) is 5.92. The Balaban J connectivity index is 1.12. The quantitative estimate of drug-likeness (QED) is 0.191. The highest BCUT2D eigenvalue weighted by atomic mass is 15.0. The highest BCUT2D eigenvalue weighted by Crippen LogP contribution is 2.50. The zero-order valence-electron chi connectivity index (χ0n) is 27.5. The highest BCUT2D eigenvalue weighted by molar-refractivity contribution is 6.30. The smallest absolute Gasteiger partial charge is 0.164 e. The zero-order valence-corrected chi connectivity index (χ0v) is 27.5. The summed E-state index contributed by atoms with van der Waals surface area (Å²) in [5, 5.41) is 7.67. The summed E-state index contributed by atoms with van der Waals surface area (Å²) in [4.78, 5) is 14.8. The molecule has 0 atom stereocenters. The predicted molar refractivity (Wildman–Crippen MR) is 210 cm³/mol. The number of hydrogen-bond donors (Lipinski definition) is 0. The van der Waals surface area contributed by atoms with Crippen molar-refractivity contribution in [3.05, 3.63) is 170 Å². The standard InChI is InChI=1S/C47H28N4/c1-3-11-30(12-4-1)45-48-46(31-13-5-2-6-14-31)50-47(49-45)32-21-24-35(25-22-32)51-40-20-10-19-37-39-28-34-16-8-7-15-33(34)27-38(39)36-18-9-17-29-23-26-41(51)44(42(29)36)43(37)40/h1-28H. The van der Waals surface area contributed by atoms with Crippen molar-refractivity contribution in [1.29, 1.82) is 0 Å². The lowest BCUT2D eigenvalue weighted by Crippen LogP contribution is -2.00. The molecular formula is C47H28N4. The molecule has 0 saturated carbocycles. The molecule has 0 radical (unpaired) electrons. The molecule has 1 aliphatic rings. The Hall–Kier alpha value is -6.91. The van der Waals surface area contributed by atoms with Crippen LogP contribution in [0.25, 0.3) is 105 Å². The zero-order chi connectivity index (χ0) is 33.5. The fraction of sp³-hybridized carbons (Fsp3) is 0. The van der Waals surface area contributed by atoms with Gasteiger partial charge in [-0.2, -0.15) is 0 Å². The first-order chi connectivity index (χ1) is 25.3. The fourth-order valence-electron chi connectivity index (χ4n) is 8.04. The van der Waals surface area contributed by atoms with E-state index in [1.807, 2.05) is 60.7 Å². The van der Waals surface area contributed by atoms with Crippen LogP contribution in [0.15, 0.2) is 170 Å². The van der Waals surface area contributed by atoms with Gasteiger partial charge >= 0.3 is 0 Å². The van der Waals surface area contributed by atoms with Crippen LogP contribution in [-0.2, 0) is 0 Å². The lowest BCUT2D eigenvalue weighted by Gasteiger charge is -2.15. The molecule has 2 aromatic heterocycles. The molecule has 11 rings (SSSR count). The lowest BCUT2D eigenvalue weighted by atomic mass is 9.91. The summed E-state index contributed by atoms with van der Waals surface area (Å²) in [7, 11) is 0. The maximum Gasteiger partial charge on any atom is 0.164 e. The molecular weight excluding hydrogens is 621 g/mol. The monoisotopic (exact) mass is 648 g/mol. The van der Waals surface area contributed by atoms with E-state index >= 15 is 0 Å². The molecule has 0 unspecified atom stereocenters. The van der Waals surface area contributed by atoms with E-state index in [4.69, 9.17) is 15.0 Å². The average Bonchev–Trinajstić information content (AvgIpc) is 3.49. The van der Waals surface area contributed by atoms with Crippen LogP contribution in [0.3, 0.4) is 0 Å². The summed E-state index contributed by atoms with van der Waals surface area (Å²) < 4.78 is 2.42. The summed E-state index contributed by atoms with van der Waals surface area (Å²) in [5.74, 6) is 1.96. The molecule has 236 valence electrons. The van der Waals surface area contributed by atoms with Crippen molar-refractivity contribution in [1.82, 2.24) is 19.5 Å². The number of hydrogen-bond acceptors (Lipinski definition) is 3. The van der Waals surface area contributed by atoms with Gasteiger partial charge in [0.1, 0.15) is 0 Å². The van der Waals surface area contributed by atoms with Gasteiger partial charge in [-0.25, -0.2) is 15.0 Å². The number of nitrogens with zero attached hydrogens (tertiary/aromatic N) is 4. The Morgan fingerprint density at radius 3 is 1.41 bits per heavy atom. The van der Waals surface area contributed by atoms with Crippen molar-refractivity contribution in [2.75, 3.05) is 0 Å². The summed E-state index contributed by atoms with van der Waals surface area (Å²) in [5.41, 5.74) is 11.4. The molecule has 0 amide bonds. The summed E-state index contributed by atoms with van der Waals surface area (Å²) in [6.45, 7) is 0. The Labute approximate surface area is 294 Å². The van der Waals surface area contributed by atoms with E-state index < -0.39 is 0 Å². The topological polar surface area (TPSA) is 43.6 Å². The van der Waals surface area contributed by atoms with Crippen molar-refractivity contribution < 1.29 is 0 Å². The first-order valence-electron chi connectivity index (χ1n) is 17.3. The normalized spacial score (nSPS) is 11.9. The van der Waals surface area contributed by atoms with Crippen molar-refractivity contribution >= 4 is 43.4 Å². The van der Waals surface area contributed by atoms with E-state index in [1.54, 1.807) is 0 Å². The van der Waals surface area contributed by atoms with Crippen LogP contribution in [0.5, 0.6) is 0 Å². The van der Waals surface area contributed by atoms with E-state index in [0.717, 1.165) is 22.4 Å². The minimum atomic E-state index is 0.646. The van der Waals surface area contributed by atoms with Crippen LogP contribution < -0.4 is 0 Å². The van der Waals surface area contributed by atoms with Gasteiger partial charge in [0.05, 0.1) is 11.0 Å². The van der Waals surface area contributed by atoms with Crippen LogP contribution in [0.1, 0.15) is 0 Å². The molecule has 8 aromatic carbocycles. The Morgan fingerprint density at radius 1 is 0.314 bits per heavy atom. The average molecular weight is 649 g/mol. The van der Waals surface area contributed by atoms with Gasteiger partial charge < -0.3 is 4.57 Å². The second kappa shape index (κ2) is 10.8. The Morgan fingerprint density at radius 2 is 0.804 bits per heavy atom. The van der Waals surface area contributed by atoms with Crippen LogP contribution >= 0.6 is 0 Å². The third kappa shape index (κ3) is 4.23. The van der Waals surface area contributed by atoms with Crippen LogP contribution in [0.4, 0.5) is 0 Å². The molecule has 4 nitrogen and oxygen atoms in total. The van der Waals surface area contributed by atoms with Crippen LogP contribution in [0.2, 0.25) is 0 Å². The molecule has 10 aromatic rings. The predicted octanol–water partition coefficient (Wildman–Crippen LogP) is 11.9. The Bertz CT molecular complexity index is 2940. The van der Waals surface area contributed by atoms with Crippen molar-refractivity contribution in [3.63, 3.8) is 0 Å². The molecule has 0 N–H and O–H groups in total. The number of benzene rings is 8. The first kappa shape index (κ1) is 28.0. The van der Waals surface area contributed by atoms with Gasteiger partial charge in [-0.15, -0.1) is 0 Å². The fourth-order valence-corrected chi connectivity index (χ4v) is 8.04. The van der Waals surface area contributed by atoms with Gasteiger partial charge in [0.15, 0.2) is 17.5 Å². The molecule has 1 aliphatic carbocycles. The molecule has 0 spiro atoms. The van der Waals surface area contributed by atoms with Crippen LogP contribution in [-0.4, -0.2) is 19.5 Å². The second-order valence-corrected chi connectivity index (χ2v) is 13.2. The highest BCUT2D eigenvalue weighted by Gasteiger charge is 2.25. The third-order valence-electron chi connectivity index (χ3n) is 10.3. The van der Waals surface area contributed by atoms with Gasteiger partial charge in [-0.3, -0.25) is 0 Å². The molecule has 0 aliphatic heterocycles. The van der Waals surface area contributed by atoms with Gasteiger partial charge in [-0.1, -0.05) is 121 Å². The van der Waals surface area contributed by atoms with Gasteiger partial charge in [0.2, 0.25) is 0 Å². The number of aromatic nitrogens is 4. The molecule has 0 saturated heterocycles. The minimum Gasteiger partial charge on any atom is -0.309 e. The summed E-state index contributed by atoms with van der Waals surface area (Å²) >= 11 is 0.